The fourth-order valence-corrected chi connectivity index (χ4v) is 2.79. The number of alkyl halides is 3. The molecule has 1 saturated carbocycles. The van der Waals surface area contributed by atoms with Gasteiger partial charge in [0.1, 0.15) is 12.6 Å². The zero-order chi connectivity index (χ0) is 17.6. The largest absolute Gasteiger partial charge is 0.391 e. The van der Waals surface area contributed by atoms with Gasteiger partial charge in [0, 0.05) is 13.2 Å². The molecule has 2 amide bonds. The molecule has 23 heavy (non-hydrogen) atoms. The SMILES string of the molecule is COCC(=O)N[C@H](C(=O)N[C@H]1CCC[C@H](C(F)(F)F)C1)C(C)C. The van der Waals surface area contributed by atoms with E-state index in [4.69, 9.17) is 4.74 Å². The summed E-state index contributed by atoms with van der Waals surface area (Å²) in [5.74, 6) is -2.43. The zero-order valence-electron chi connectivity index (χ0n) is 13.7. The van der Waals surface area contributed by atoms with Crippen LogP contribution in [0.5, 0.6) is 0 Å². The van der Waals surface area contributed by atoms with E-state index in [1.807, 2.05) is 0 Å². The topological polar surface area (TPSA) is 67.4 Å². The van der Waals surface area contributed by atoms with E-state index >= 15 is 0 Å². The lowest BCUT2D eigenvalue weighted by Crippen LogP contribution is -2.53. The van der Waals surface area contributed by atoms with Gasteiger partial charge in [0.05, 0.1) is 5.92 Å². The standard InChI is InChI=1S/C15H25F3N2O3/c1-9(2)13(20-12(21)8-23-3)14(22)19-11-6-4-5-10(7-11)15(16,17)18/h9-11,13H,4-8H2,1-3H3,(H,19,22)(H,20,21)/t10-,11-,13-/m0/s1. The van der Waals surface area contributed by atoms with E-state index in [1.54, 1.807) is 13.8 Å². The van der Waals surface area contributed by atoms with Crippen molar-refractivity contribution in [2.24, 2.45) is 11.8 Å². The number of hydrogen-bond acceptors (Lipinski definition) is 3. The second-order valence-electron chi connectivity index (χ2n) is 6.33. The van der Waals surface area contributed by atoms with Gasteiger partial charge in [-0.1, -0.05) is 20.3 Å². The number of halogens is 3. The Bertz CT molecular complexity index is 413. The second-order valence-corrected chi connectivity index (χ2v) is 6.33. The maximum absolute atomic E-state index is 12.8. The molecule has 0 aliphatic heterocycles. The Balaban J connectivity index is 2.62. The Morgan fingerprint density at radius 3 is 2.43 bits per heavy atom. The minimum absolute atomic E-state index is 0.105. The second kappa shape index (κ2) is 8.52. The Morgan fingerprint density at radius 1 is 1.26 bits per heavy atom. The summed E-state index contributed by atoms with van der Waals surface area (Å²) < 4.78 is 43.1. The lowest BCUT2D eigenvalue weighted by molar-refractivity contribution is -0.184. The van der Waals surface area contributed by atoms with E-state index in [-0.39, 0.29) is 25.4 Å². The van der Waals surface area contributed by atoms with Crippen molar-refractivity contribution in [2.75, 3.05) is 13.7 Å². The molecule has 1 aliphatic rings. The van der Waals surface area contributed by atoms with Gasteiger partial charge >= 0.3 is 6.18 Å². The molecule has 0 aromatic rings. The van der Waals surface area contributed by atoms with Crippen LogP contribution in [0, 0.1) is 11.8 Å². The smallest absolute Gasteiger partial charge is 0.375 e. The van der Waals surface area contributed by atoms with Gasteiger partial charge in [-0.15, -0.1) is 0 Å². The summed E-state index contributed by atoms with van der Waals surface area (Å²) in [5, 5.41) is 5.21. The van der Waals surface area contributed by atoms with E-state index in [2.05, 4.69) is 10.6 Å². The molecule has 8 heteroatoms. The summed E-state index contributed by atoms with van der Waals surface area (Å²) in [7, 11) is 1.36. The highest BCUT2D eigenvalue weighted by atomic mass is 19.4. The summed E-state index contributed by atoms with van der Waals surface area (Å²) in [6.45, 7) is 3.35. The number of rotatable bonds is 6. The Labute approximate surface area is 134 Å². The fraction of sp³-hybridized carbons (Fsp3) is 0.867. The molecule has 0 bridgehead atoms. The molecular weight excluding hydrogens is 313 g/mol. The van der Waals surface area contributed by atoms with Crippen LogP contribution in [0.2, 0.25) is 0 Å². The third-order valence-electron chi connectivity index (χ3n) is 4.02. The summed E-state index contributed by atoms with van der Waals surface area (Å²) in [6.07, 6.45) is -3.28. The van der Waals surface area contributed by atoms with Crippen LogP contribution >= 0.6 is 0 Å². The number of methoxy groups -OCH3 is 1. The summed E-state index contributed by atoms with van der Waals surface area (Å²) in [6, 6.07) is -1.30. The third kappa shape index (κ3) is 6.37. The lowest BCUT2D eigenvalue weighted by Gasteiger charge is -2.32. The molecule has 2 N–H and O–H groups in total. The number of hydrogen-bond donors (Lipinski definition) is 2. The number of carbonyl (C=O) groups excluding carboxylic acids is 2. The van der Waals surface area contributed by atoms with E-state index in [1.165, 1.54) is 7.11 Å². The summed E-state index contributed by atoms with van der Waals surface area (Å²) in [5.41, 5.74) is 0. The molecule has 0 aromatic heterocycles. The highest BCUT2D eigenvalue weighted by Crippen LogP contribution is 2.37. The average Bonchev–Trinajstić information content (AvgIpc) is 2.44. The number of nitrogens with one attached hydrogen (secondary N) is 2. The first-order chi connectivity index (χ1) is 10.6. The first-order valence-corrected chi connectivity index (χ1v) is 7.80. The van der Waals surface area contributed by atoms with Crippen LogP contribution in [0.3, 0.4) is 0 Å². The van der Waals surface area contributed by atoms with Gasteiger partial charge in [-0.2, -0.15) is 13.2 Å². The van der Waals surface area contributed by atoms with Gasteiger partial charge in [0.25, 0.3) is 0 Å². The van der Waals surface area contributed by atoms with Crippen LogP contribution in [0.15, 0.2) is 0 Å². The number of amides is 2. The molecule has 5 nitrogen and oxygen atoms in total. The minimum Gasteiger partial charge on any atom is -0.375 e. The normalized spacial score (nSPS) is 23.4. The van der Waals surface area contributed by atoms with Crippen LogP contribution in [-0.4, -0.2) is 43.8 Å². The first kappa shape index (κ1) is 19.7. The number of ether oxygens (including phenoxy) is 1. The Kier molecular flexibility index (Phi) is 7.31. The molecule has 1 rings (SSSR count). The van der Waals surface area contributed by atoms with E-state index in [0.29, 0.717) is 12.8 Å². The van der Waals surface area contributed by atoms with Crippen molar-refractivity contribution >= 4 is 11.8 Å². The maximum Gasteiger partial charge on any atom is 0.391 e. The van der Waals surface area contributed by atoms with Gasteiger partial charge in [0.15, 0.2) is 0 Å². The van der Waals surface area contributed by atoms with Crippen molar-refractivity contribution in [3.05, 3.63) is 0 Å². The van der Waals surface area contributed by atoms with Gasteiger partial charge in [0.2, 0.25) is 11.8 Å². The maximum atomic E-state index is 12.8. The van der Waals surface area contributed by atoms with E-state index < -0.39 is 36.0 Å². The Morgan fingerprint density at radius 2 is 1.91 bits per heavy atom. The molecular formula is C15H25F3N2O3. The zero-order valence-corrected chi connectivity index (χ0v) is 13.7. The minimum atomic E-state index is -4.23. The molecule has 0 saturated heterocycles. The molecule has 0 unspecified atom stereocenters. The van der Waals surface area contributed by atoms with E-state index in [0.717, 1.165) is 0 Å². The van der Waals surface area contributed by atoms with Crippen LogP contribution < -0.4 is 10.6 Å². The highest BCUT2D eigenvalue weighted by Gasteiger charge is 2.42. The molecule has 1 aliphatic carbocycles. The summed E-state index contributed by atoms with van der Waals surface area (Å²) in [4.78, 5) is 23.9. The molecule has 3 atom stereocenters. The molecule has 1 fully saturated rings. The van der Waals surface area contributed by atoms with Gasteiger partial charge in [-0.05, 0) is 25.2 Å². The molecule has 0 heterocycles. The summed E-state index contributed by atoms with van der Waals surface area (Å²) >= 11 is 0. The third-order valence-corrected chi connectivity index (χ3v) is 4.02. The van der Waals surface area contributed by atoms with Gasteiger partial charge in [-0.3, -0.25) is 9.59 Å². The molecule has 0 radical (unpaired) electrons. The lowest BCUT2D eigenvalue weighted by atomic mass is 9.85. The van der Waals surface area contributed by atoms with Crippen molar-refractivity contribution in [1.29, 1.82) is 0 Å². The van der Waals surface area contributed by atoms with Gasteiger partial charge < -0.3 is 15.4 Å². The van der Waals surface area contributed by atoms with E-state index in [9.17, 15) is 22.8 Å². The molecule has 134 valence electrons. The van der Waals surface area contributed by atoms with Crippen molar-refractivity contribution in [3.63, 3.8) is 0 Å². The highest BCUT2D eigenvalue weighted by molar-refractivity contribution is 5.88. The quantitative estimate of drug-likeness (QED) is 0.778. The van der Waals surface area contributed by atoms with Crippen LogP contribution in [-0.2, 0) is 14.3 Å². The van der Waals surface area contributed by atoms with Crippen molar-refractivity contribution in [2.45, 2.75) is 57.8 Å². The van der Waals surface area contributed by atoms with Crippen LogP contribution in [0.4, 0.5) is 13.2 Å². The molecule has 0 aromatic carbocycles. The predicted molar refractivity (Wildman–Crippen MR) is 78.6 cm³/mol. The monoisotopic (exact) mass is 338 g/mol. The van der Waals surface area contributed by atoms with Crippen LogP contribution in [0.25, 0.3) is 0 Å². The molecule has 0 spiro atoms. The van der Waals surface area contributed by atoms with Crippen molar-refractivity contribution in [3.8, 4) is 0 Å². The first-order valence-electron chi connectivity index (χ1n) is 7.80. The predicted octanol–water partition coefficient (Wildman–Crippen LogP) is 2.01. The fourth-order valence-electron chi connectivity index (χ4n) is 2.79. The Hall–Kier alpha value is -1.31. The number of carbonyl (C=O) groups is 2. The van der Waals surface area contributed by atoms with Gasteiger partial charge in [-0.25, -0.2) is 0 Å². The van der Waals surface area contributed by atoms with Crippen LogP contribution in [0.1, 0.15) is 39.5 Å². The average molecular weight is 338 g/mol. The van der Waals surface area contributed by atoms with Crippen molar-refractivity contribution in [1.82, 2.24) is 10.6 Å². The van der Waals surface area contributed by atoms with Crippen molar-refractivity contribution < 1.29 is 27.5 Å².